The summed E-state index contributed by atoms with van der Waals surface area (Å²) in [5, 5.41) is 21.0. The van der Waals surface area contributed by atoms with Gasteiger partial charge in [-0.1, -0.05) is 42.5 Å². The van der Waals surface area contributed by atoms with Crippen molar-refractivity contribution in [3.63, 3.8) is 0 Å². The van der Waals surface area contributed by atoms with Gasteiger partial charge in [0, 0.05) is 0 Å². The largest absolute Gasteiger partial charge is 0.395 e. The first-order valence-electron chi connectivity index (χ1n) is 5.26. The lowest BCUT2D eigenvalue weighted by Crippen LogP contribution is -2.32. The first-order chi connectivity index (χ1) is 7.74. The van der Waals surface area contributed by atoms with Crippen LogP contribution in [0.5, 0.6) is 0 Å². The Bertz CT molecular complexity index is 479. The highest BCUT2D eigenvalue weighted by atomic mass is 16.3. The molecule has 84 valence electrons. The zero-order valence-corrected chi connectivity index (χ0v) is 8.88. The Balaban J connectivity index is 2.52. The van der Waals surface area contributed by atoms with Gasteiger partial charge < -0.3 is 15.9 Å². The molecule has 0 saturated heterocycles. The van der Waals surface area contributed by atoms with Crippen LogP contribution in [0.2, 0.25) is 0 Å². The number of fused-ring (bicyclic) bond motifs is 1. The monoisotopic (exact) mass is 217 g/mol. The van der Waals surface area contributed by atoms with Crippen molar-refractivity contribution >= 4 is 10.8 Å². The van der Waals surface area contributed by atoms with Crippen molar-refractivity contribution in [3.05, 3.63) is 48.0 Å². The summed E-state index contributed by atoms with van der Waals surface area (Å²) >= 11 is 0. The second-order valence-corrected chi connectivity index (χ2v) is 3.86. The van der Waals surface area contributed by atoms with Crippen molar-refractivity contribution in [2.45, 2.75) is 12.1 Å². The van der Waals surface area contributed by atoms with E-state index in [2.05, 4.69) is 0 Å². The van der Waals surface area contributed by atoms with E-state index in [4.69, 9.17) is 10.8 Å². The molecule has 16 heavy (non-hydrogen) atoms. The van der Waals surface area contributed by atoms with E-state index in [9.17, 15) is 5.11 Å². The van der Waals surface area contributed by atoms with Gasteiger partial charge in [0.2, 0.25) is 0 Å². The summed E-state index contributed by atoms with van der Waals surface area (Å²) in [5.41, 5.74) is 6.40. The predicted molar refractivity (Wildman–Crippen MR) is 64.0 cm³/mol. The zero-order chi connectivity index (χ0) is 11.5. The molecule has 0 aliphatic carbocycles. The minimum absolute atomic E-state index is 0.232. The van der Waals surface area contributed by atoms with E-state index in [1.807, 2.05) is 42.5 Å². The molecular formula is C13H15NO2. The van der Waals surface area contributed by atoms with Gasteiger partial charge in [0.1, 0.15) is 0 Å². The van der Waals surface area contributed by atoms with Gasteiger partial charge in [-0.3, -0.25) is 0 Å². The normalized spacial score (nSPS) is 14.9. The lowest BCUT2D eigenvalue weighted by Gasteiger charge is -2.18. The third kappa shape index (κ3) is 1.93. The van der Waals surface area contributed by atoms with Gasteiger partial charge in [-0.25, -0.2) is 0 Å². The van der Waals surface area contributed by atoms with Crippen molar-refractivity contribution < 1.29 is 10.2 Å². The maximum absolute atomic E-state index is 10.0. The molecule has 2 rings (SSSR count). The van der Waals surface area contributed by atoms with Gasteiger partial charge in [0.15, 0.2) is 0 Å². The van der Waals surface area contributed by atoms with Crippen LogP contribution in [0.15, 0.2) is 42.5 Å². The van der Waals surface area contributed by atoms with Gasteiger partial charge in [0.05, 0.1) is 18.8 Å². The third-order valence-corrected chi connectivity index (χ3v) is 2.76. The lowest BCUT2D eigenvalue weighted by atomic mass is 9.97. The smallest absolute Gasteiger partial charge is 0.0969 e. The van der Waals surface area contributed by atoms with E-state index in [-0.39, 0.29) is 6.61 Å². The van der Waals surface area contributed by atoms with E-state index in [1.54, 1.807) is 0 Å². The molecular weight excluding hydrogens is 202 g/mol. The Morgan fingerprint density at radius 3 is 2.50 bits per heavy atom. The highest BCUT2D eigenvalue weighted by molar-refractivity contribution is 5.86. The average Bonchev–Trinajstić information content (AvgIpc) is 2.36. The number of benzene rings is 2. The van der Waals surface area contributed by atoms with Crippen LogP contribution in [-0.2, 0) is 0 Å². The Kier molecular flexibility index (Phi) is 3.19. The van der Waals surface area contributed by atoms with Gasteiger partial charge >= 0.3 is 0 Å². The molecule has 0 amide bonds. The molecule has 0 aliphatic heterocycles. The van der Waals surface area contributed by atoms with Crippen LogP contribution < -0.4 is 5.73 Å². The molecule has 0 spiro atoms. The van der Waals surface area contributed by atoms with Crippen molar-refractivity contribution in [1.82, 2.24) is 0 Å². The minimum atomic E-state index is -0.837. The molecule has 2 atom stereocenters. The quantitative estimate of drug-likeness (QED) is 0.723. The molecule has 2 unspecified atom stereocenters. The van der Waals surface area contributed by atoms with Gasteiger partial charge in [-0.15, -0.1) is 0 Å². The SMILES string of the molecule is NC(CO)C(O)c1cccc2ccccc12. The summed E-state index contributed by atoms with van der Waals surface area (Å²) in [6.45, 7) is -0.232. The number of hydrogen-bond donors (Lipinski definition) is 3. The van der Waals surface area contributed by atoms with Crippen molar-refractivity contribution in [2.24, 2.45) is 5.73 Å². The molecule has 3 nitrogen and oxygen atoms in total. The molecule has 4 N–H and O–H groups in total. The maximum atomic E-state index is 10.0. The fraction of sp³-hybridized carbons (Fsp3) is 0.231. The standard InChI is InChI=1S/C13H15NO2/c14-12(8-15)13(16)11-7-3-5-9-4-1-2-6-10(9)11/h1-7,12-13,15-16H,8,14H2. The fourth-order valence-corrected chi connectivity index (χ4v) is 1.84. The third-order valence-electron chi connectivity index (χ3n) is 2.76. The topological polar surface area (TPSA) is 66.5 Å². The zero-order valence-electron chi connectivity index (χ0n) is 8.88. The Morgan fingerprint density at radius 1 is 1.06 bits per heavy atom. The molecule has 3 heteroatoms. The summed E-state index contributed by atoms with van der Waals surface area (Å²) in [7, 11) is 0. The highest BCUT2D eigenvalue weighted by Crippen LogP contribution is 2.25. The molecule has 2 aromatic carbocycles. The Hall–Kier alpha value is -1.42. The van der Waals surface area contributed by atoms with E-state index in [1.165, 1.54) is 0 Å². The first-order valence-corrected chi connectivity index (χ1v) is 5.26. The molecule has 0 aromatic heterocycles. The molecule has 0 bridgehead atoms. The fourth-order valence-electron chi connectivity index (χ4n) is 1.84. The second-order valence-electron chi connectivity index (χ2n) is 3.86. The van der Waals surface area contributed by atoms with E-state index in [0.717, 1.165) is 16.3 Å². The molecule has 0 fully saturated rings. The van der Waals surface area contributed by atoms with E-state index >= 15 is 0 Å². The summed E-state index contributed by atoms with van der Waals surface area (Å²) < 4.78 is 0. The number of aliphatic hydroxyl groups excluding tert-OH is 2. The summed E-state index contributed by atoms with van der Waals surface area (Å²) in [4.78, 5) is 0. The van der Waals surface area contributed by atoms with Gasteiger partial charge in [-0.2, -0.15) is 0 Å². The van der Waals surface area contributed by atoms with Gasteiger partial charge in [0.25, 0.3) is 0 Å². The number of aliphatic hydroxyl groups is 2. The van der Waals surface area contributed by atoms with Crippen molar-refractivity contribution in [1.29, 1.82) is 0 Å². The maximum Gasteiger partial charge on any atom is 0.0969 e. The molecule has 0 heterocycles. The highest BCUT2D eigenvalue weighted by Gasteiger charge is 2.17. The molecule has 2 aromatic rings. The van der Waals surface area contributed by atoms with Crippen LogP contribution >= 0.6 is 0 Å². The van der Waals surface area contributed by atoms with Crippen LogP contribution in [0.4, 0.5) is 0 Å². The lowest BCUT2D eigenvalue weighted by molar-refractivity contribution is 0.110. The van der Waals surface area contributed by atoms with Crippen LogP contribution in [0.3, 0.4) is 0 Å². The predicted octanol–water partition coefficient (Wildman–Crippen LogP) is 1.19. The van der Waals surface area contributed by atoms with Crippen LogP contribution in [0.25, 0.3) is 10.8 Å². The van der Waals surface area contributed by atoms with Crippen LogP contribution in [-0.4, -0.2) is 22.9 Å². The molecule has 0 saturated carbocycles. The summed E-state index contributed by atoms with van der Waals surface area (Å²) in [6.07, 6.45) is -0.837. The first kappa shape index (κ1) is 11.1. The van der Waals surface area contributed by atoms with E-state index < -0.39 is 12.1 Å². The number of hydrogen-bond acceptors (Lipinski definition) is 3. The second kappa shape index (κ2) is 4.61. The van der Waals surface area contributed by atoms with Crippen LogP contribution in [0.1, 0.15) is 11.7 Å². The summed E-state index contributed by atoms with van der Waals surface area (Å²) in [5.74, 6) is 0. The average molecular weight is 217 g/mol. The van der Waals surface area contributed by atoms with Crippen molar-refractivity contribution in [3.8, 4) is 0 Å². The van der Waals surface area contributed by atoms with Crippen molar-refractivity contribution in [2.75, 3.05) is 6.61 Å². The number of rotatable bonds is 3. The van der Waals surface area contributed by atoms with Crippen LogP contribution in [0, 0.1) is 0 Å². The number of nitrogens with two attached hydrogens (primary N) is 1. The van der Waals surface area contributed by atoms with E-state index in [0.29, 0.717) is 0 Å². The minimum Gasteiger partial charge on any atom is -0.395 e. The molecule has 0 aliphatic rings. The van der Waals surface area contributed by atoms with Gasteiger partial charge in [-0.05, 0) is 16.3 Å². The Morgan fingerprint density at radius 2 is 1.75 bits per heavy atom. The molecule has 0 radical (unpaired) electrons. The Labute approximate surface area is 94.1 Å². The summed E-state index contributed by atoms with van der Waals surface area (Å²) in [6, 6.07) is 12.8.